The van der Waals surface area contributed by atoms with Crippen molar-refractivity contribution in [2.24, 2.45) is 0 Å². The summed E-state index contributed by atoms with van der Waals surface area (Å²) in [5.74, 6) is 1.01. The minimum absolute atomic E-state index is 0.728. The third-order valence-corrected chi connectivity index (χ3v) is 6.31. The Hall–Kier alpha value is -2.06. The van der Waals surface area contributed by atoms with Gasteiger partial charge in [-0.3, -0.25) is 4.90 Å². The lowest BCUT2D eigenvalue weighted by Crippen LogP contribution is -2.35. The summed E-state index contributed by atoms with van der Waals surface area (Å²) in [7, 11) is 1.78. The van der Waals surface area contributed by atoms with Gasteiger partial charge in [-0.25, -0.2) is 0 Å². The number of nitrogens with zero attached hydrogens (tertiary/aromatic N) is 1. The Morgan fingerprint density at radius 3 is 2.64 bits per heavy atom. The largest absolute Gasteiger partial charge is 0.496 e. The van der Waals surface area contributed by atoms with Gasteiger partial charge in [0.05, 0.1) is 7.11 Å². The van der Waals surface area contributed by atoms with Crippen LogP contribution in [-0.4, -0.2) is 24.6 Å². The van der Waals surface area contributed by atoms with E-state index in [-0.39, 0.29) is 0 Å². The molecule has 0 amide bonds. The molecule has 0 aliphatic carbocycles. The van der Waals surface area contributed by atoms with Crippen molar-refractivity contribution < 1.29 is 4.74 Å². The molecular weight excluding hydrogens is 306 g/mol. The molecule has 2 aliphatic rings. The lowest BCUT2D eigenvalue weighted by molar-refractivity contribution is 0.229. The summed E-state index contributed by atoms with van der Waals surface area (Å²) in [4.78, 5) is 2.69. The van der Waals surface area contributed by atoms with Crippen molar-refractivity contribution in [2.45, 2.75) is 45.7 Å². The Labute approximate surface area is 149 Å². The molecule has 0 spiro atoms. The average Bonchev–Trinajstić information content (AvgIpc) is 3.07. The van der Waals surface area contributed by atoms with Crippen LogP contribution < -0.4 is 4.74 Å². The minimum atomic E-state index is 0.728. The number of hydrogen-bond donors (Lipinski definition) is 0. The van der Waals surface area contributed by atoms with Gasteiger partial charge in [0.1, 0.15) is 5.75 Å². The van der Waals surface area contributed by atoms with Crippen LogP contribution in [0.25, 0.3) is 21.5 Å². The van der Waals surface area contributed by atoms with Crippen LogP contribution in [0, 0.1) is 13.8 Å². The minimum Gasteiger partial charge on any atom is -0.496 e. The van der Waals surface area contributed by atoms with Gasteiger partial charge in [0.2, 0.25) is 0 Å². The van der Waals surface area contributed by atoms with E-state index in [9.17, 15) is 0 Å². The summed E-state index contributed by atoms with van der Waals surface area (Å²) in [6.45, 7) is 6.70. The van der Waals surface area contributed by atoms with Crippen molar-refractivity contribution in [1.29, 1.82) is 0 Å². The molecule has 5 rings (SSSR count). The van der Waals surface area contributed by atoms with Gasteiger partial charge in [0.25, 0.3) is 0 Å². The number of hydrogen-bond acceptors (Lipinski definition) is 2. The van der Waals surface area contributed by atoms with E-state index >= 15 is 0 Å². The van der Waals surface area contributed by atoms with Gasteiger partial charge in [-0.2, -0.15) is 0 Å². The van der Waals surface area contributed by atoms with E-state index < -0.39 is 0 Å². The third-order valence-electron chi connectivity index (χ3n) is 6.31. The molecule has 0 radical (unpaired) electrons. The van der Waals surface area contributed by atoms with Crippen molar-refractivity contribution in [2.75, 3.05) is 13.7 Å². The Kier molecular flexibility index (Phi) is 3.33. The van der Waals surface area contributed by atoms with Crippen molar-refractivity contribution >= 4 is 21.5 Å². The molecule has 0 N–H and O–H groups in total. The smallest absolute Gasteiger partial charge is 0.122 e. The van der Waals surface area contributed by atoms with E-state index in [1.165, 1.54) is 58.5 Å². The highest BCUT2D eigenvalue weighted by atomic mass is 16.5. The fourth-order valence-electron chi connectivity index (χ4n) is 5.04. The molecule has 2 heteroatoms. The first-order chi connectivity index (χ1) is 12.2. The summed E-state index contributed by atoms with van der Waals surface area (Å²) in [5, 5.41) is 5.64. The van der Waals surface area contributed by atoms with Crippen LogP contribution in [0.3, 0.4) is 0 Å². The van der Waals surface area contributed by atoms with Crippen LogP contribution in [-0.2, 0) is 13.0 Å². The molecule has 3 aromatic rings. The van der Waals surface area contributed by atoms with Gasteiger partial charge >= 0.3 is 0 Å². The van der Waals surface area contributed by atoms with Crippen LogP contribution in [0.2, 0.25) is 0 Å². The van der Waals surface area contributed by atoms with Gasteiger partial charge in [0, 0.05) is 12.6 Å². The van der Waals surface area contributed by atoms with E-state index in [4.69, 9.17) is 4.74 Å². The molecule has 0 unspecified atom stereocenters. The maximum atomic E-state index is 5.66. The average molecular weight is 331 g/mol. The Balaban J connectivity index is 1.90. The molecule has 1 atom stereocenters. The standard InChI is InChI=1S/C23H25NO/c1-14-6-7-17-18(9-14)19-10-15(2)23(25-3)12-21(19)20-11-16-5-4-8-24(16)13-22(17)20/h6-7,9-10,12,16H,4-5,8,11,13H2,1-3H3/t16-/m1/s1. The predicted molar refractivity (Wildman–Crippen MR) is 105 cm³/mol. The van der Waals surface area contributed by atoms with Gasteiger partial charge in [-0.15, -0.1) is 0 Å². The van der Waals surface area contributed by atoms with Crippen LogP contribution >= 0.6 is 0 Å². The molecule has 1 saturated heterocycles. The first-order valence-corrected chi connectivity index (χ1v) is 9.42. The highest BCUT2D eigenvalue weighted by molar-refractivity contribution is 6.11. The summed E-state index contributed by atoms with van der Waals surface area (Å²) >= 11 is 0. The highest BCUT2D eigenvalue weighted by Gasteiger charge is 2.32. The maximum Gasteiger partial charge on any atom is 0.122 e. The number of fused-ring (bicyclic) bond motifs is 7. The van der Waals surface area contributed by atoms with Gasteiger partial charge in [-0.05, 0) is 90.0 Å². The molecule has 25 heavy (non-hydrogen) atoms. The molecule has 0 aromatic heterocycles. The quantitative estimate of drug-likeness (QED) is 0.573. The molecule has 0 saturated carbocycles. The lowest BCUT2D eigenvalue weighted by Gasteiger charge is -2.33. The second-order valence-electron chi connectivity index (χ2n) is 7.84. The molecule has 2 nitrogen and oxygen atoms in total. The zero-order valence-corrected chi connectivity index (χ0v) is 15.4. The number of methoxy groups -OCH3 is 1. The summed E-state index contributed by atoms with van der Waals surface area (Å²) in [6, 6.07) is 12.3. The fraction of sp³-hybridized carbons (Fsp3) is 0.391. The van der Waals surface area contributed by atoms with E-state index in [0.29, 0.717) is 0 Å². The van der Waals surface area contributed by atoms with E-state index in [0.717, 1.165) is 18.3 Å². The molecule has 128 valence electrons. The third kappa shape index (κ3) is 2.20. The summed E-state index contributed by atoms with van der Waals surface area (Å²) < 4.78 is 5.66. The Morgan fingerprint density at radius 2 is 1.80 bits per heavy atom. The first-order valence-electron chi connectivity index (χ1n) is 9.42. The van der Waals surface area contributed by atoms with Crippen LogP contribution in [0.15, 0.2) is 30.3 Å². The first kappa shape index (κ1) is 15.2. The molecule has 2 heterocycles. The fourth-order valence-corrected chi connectivity index (χ4v) is 5.04. The second kappa shape index (κ2) is 5.47. The molecule has 3 aromatic carbocycles. The lowest BCUT2D eigenvalue weighted by atomic mass is 9.84. The van der Waals surface area contributed by atoms with Crippen LogP contribution in [0.5, 0.6) is 5.75 Å². The molecular formula is C23H25NO. The normalized spacial score (nSPS) is 20.0. The SMILES string of the molecule is COc1cc2c3c(c4ccc(C)cc4c2cc1C)CN1CCC[C@@H]1C3. The number of aryl methyl sites for hydroxylation is 2. The number of benzene rings is 3. The zero-order chi connectivity index (χ0) is 17.1. The monoisotopic (exact) mass is 331 g/mol. The second-order valence-corrected chi connectivity index (χ2v) is 7.84. The predicted octanol–water partition coefficient (Wildman–Crippen LogP) is 5.14. The van der Waals surface area contributed by atoms with Crippen molar-refractivity contribution in [1.82, 2.24) is 4.90 Å². The molecule has 1 fully saturated rings. The zero-order valence-electron chi connectivity index (χ0n) is 15.4. The van der Waals surface area contributed by atoms with E-state index in [2.05, 4.69) is 49.1 Å². The van der Waals surface area contributed by atoms with Crippen LogP contribution in [0.1, 0.15) is 35.1 Å². The van der Waals surface area contributed by atoms with Gasteiger partial charge < -0.3 is 4.74 Å². The highest BCUT2D eigenvalue weighted by Crippen LogP contribution is 2.41. The topological polar surface area (TPSA) is 12.5 Å². The molecule has 0 bridgehead atoms. The van der Waals surface area contributed by atoms with Crippen molar-refractivity contribution in [3.8, 4) is 5.75 Å². The van der Waals surface area contributed by atoms with Crippen molar-refractivity contribution in [3.63, 3.8) is 0 Å². The van der Waals surface area contributed by atoms with Crippen molar-refractivity contribution in [3.05, 3.63) is 52.6 Å². The Bertz CT molecular complexity index is 1000. The number of ether oxygens (including phenoxy) is 1. The van der Waals surface area contributed by atoms with E-state index in [1.807, 2.05) is 0 Å². The maximum absolute atomic E-state index is 5.66. The summed E-state index contributed by atoms with van der Waals surface area (Å²) in [6.07, 6.45) is 3.87. The number of rotatable bonds is 1. The van der Waals surface area contributed by atoms with Gasteiger partial charge in [0.15, 0.2) is 0 Å². The Morgan fingerprint density at radius 1 is 0.960 bits per heavy atom. The van der Waals surface area contributed by atoms with Gasteiger partial charge in [-0.1, -0.05) is 23.8 Å². The van der Waals surface area contributed by atoms with Crippen LogP contribution in [0.4, 0.5) is 0 Å². The summed E-state index contributed by atoms with van der Waals surface area (Å²) in [5.41, 5.74) is 5.66. The van der Waals surface area contributed by atoms with E-state index in [1.54, 1.807) is 18.2 Å². The molecule has 2 aliphatic heterocycles.